The van der Waals surface area contributed by atoms with Gasteiger partial charge in [-0.25, -0.2) is 12.7 Å². The van der Waals surface area contributed by atoms with Crippen molar-refractivity contribution in [2.24, 2.45) is 0 Å². The van der Waals surface area contributed by atoms with Gasteiger partial charge in [-0.1, -0.05) is 24.3 Å². The average molecular weight is 355 g/mol. The zero-order chi connectivity index (χ0) is 18.0. The van der Waals surface area contributed by atoms with Crippen LogP contribution in [0.1, 0.15) is 10.4 Å². The molecule has 3 aromatic rings. The third-order valence-corrected chi connectivity index (χ3v) is 5.58. The minimum absolute atomic E-state index is 0.0738. The van der Waals surface area contributed by atoms with Crippen molar-refractivity contribution in [3.05, 3.63) is 66.4 Å². The van der Waals surface area contributed by atoms with Crippen LogP contribution >= 0.6 is 0 Å². The highest BCUT2D eigenvalue weighted by atomic mass is 32.2. The molecule has 25 heavy (non-hydrogen) atoms. The molecule has 1 heterocycles. The van der Waals surface area contributed by atoms with Gasteiger partial charge < -0.3 is 5.32 Å². The molecule has 0 saturated carbocycles. The van der Waals surface area contributed by atoms with E-state index >= 15 is 0 Å². The Hall–Kier alpha value is -2.77. The van der Waals surface area contributed by atoms with Crippen molar-refractivity contribution in [3.63, 3.8) is 0 Å². The summed E-state index contributed by atoms with van der Waals surface area (Å²) in [4.78, 5) is 16.9. The van der Waals surface area contributed by atoms with E-state index in [4.69, 9.17) is 0 Å². The lowest BCUT2D eigenvalue weighted by atomic mass is 10.1. The van der Waals surface area contributed by atoms with E-state index in [1.807, 2.05) is 24.3 Å². The van der Waals surface area contributed by atoms with E-state index in [9.17, 15) is 13.2 Å². The molecule has 7 heteroatoms. The molecule has 0 fully saturated rings. The van der Waals surface area contributed by atoms with Gasteiger partial charge in [-0.05, 0) is 30.3 Å². The van der Waals surface area contributed by atoms with E-state index in [0.29, 0.717) is 5.69 Å². The van der Waals surface area contributed by atoms with Gasteiger partial charge in [-0.15, -0.1) is 0 Å². The van der Waals surface area contributed by atoms with Crippen molar-refractivity contribution < 1.29 is 13.2 Å². The van der Waals surface area contributed by atoms with Gasteiger partial charge in [0, 0.05) is 31.2 Å². The molecule has 0 aliphatic carbocycles. The Morgan fingerprint density at radius 1 is 1.04 bits per heavy atom. The summed E-state index contributed by atoms with van der Waals surface area (Å²) in [5, 5.41) is 3.64. The number of nitrogens with zero attached hydrogens (tertiary/aromatic N) is 2. The third-order valence-electron chi connectivity index (χ3n) is 3.77. The van der Waals surface area contributed by atoms with Crippen LogP contribution in [0.5, 0.6) is 0 Å². The number of hydrogen-bond donors (Lipinski definition) is 1. The lowest BCUT2D eigenvalue weighted by molar-refractivity contribution is 0.102. The average Bonchev–Trinajstić information content (AvgIpc) is 2.62. The molecule has 0 unspecified atom stereocenters. The van der Waals surface area contributed by atoms with Gasteiger partial charge in [0.05, 0.1) is 16.1 Å². The minimum Gasteiger partial charge on any atom is -0.321 e. The normalized spacial score (nSPS) is 11.6. The first-order valence-corrected chi connectivity index (χ1v) is 9.01. The van der Waals surface area contributed by atoms with Crippen molar-refractivity contribution in [2.45, 2.75) is 4.90 Å². The quantitative estimate of drug-likeness (QED) is 0.780. The highest BCUT2D eigenvalue weighted by molar-refractivity contribution is 7.89. The fourth-order valence-corrected chi connectivity index (χ4v) is 3.36. The second-order valence-corrected chi connectivity index (χ2v) is 7.80. The molecule has 0 atom stereocenters. The van der Waals surface area contributed by atoms with E-state index in [2.05, 4.69) is 10.3 Å². The number of aromatic nitrogens is 1. The largest absolute Gasteiger partial charge is 0.321 e. The minimum atomic E-state index is -3.60. The zero-order valence-electron chi connectivity index (χ0n) is 13.8. The first-order valence-electron chi connectivity index (χ1n) is 7.57. The molecule has 6 nitrogen and oxygen atoms in total. The number of anilines is 1. The maximum atomic E-state index is 12.6. The van der Waals surface area contributed by atoms with Gasteiger partial charge >= 0.3 is 0 Å². The number of sulfonamides is 1. The van der Waals surface area contributed by atoms with Crippen LogP contribution in [0.4, 0.5) is 5.69 Å². The van der Waals surface area contributed by atoms with Crippen LogP contribution in [-0.2, 0) is 10.0 Å². The molecule has 2 aromatic carbocycles. The summed E-state index contributed by atoms with van der Waals surface area (Å²) >= 11 is 0. The molecule has 0 aliphatic heterocycles. The van der Waals surface area contributed by atoms with Crippen LogP contribution in [-0.4, -0.2) is 37.7 Å². The number of carbonyl (C=O) groups is 1. The lowest BCUT2D eigenvalue weighted by Gasteiger charge is -2.12. The molecule has 128 valence electrons. The van der Waals surface area contributed by atoms with Gasteiger partial charge in [-0.2, -0.15) is 0 Å². The molecule has 0 bridgehead atoms. The van der Waals surface area contributed by atoms with Crippen LogP contribution in [0, 0.1) is 0 Å². The highest BCUT2D eigenvalue weighted by Gasteiger charge is 2.19. The number of carbonyl (C=O) groups excluding carboxylic acids is 1. The van der Waals surface area contributed by atoms with Gasteiger partial charge in [0.1, 0.15) is 0 Å². The van der Waals surface area contributed by atoms with Gasteiger partial charge in [-0.3, -0.25) is 9.78 Å². The molecule has 1 N–H and O–H groups in total. The Balaban J connectivity index is 1.94. The molecular weight excluding hydrogens is 338 g/mol. The van der Waals surface area contributed by atoms with Crippen LogP contribution in [0.15, 0.2) is 65.7 Å². The number of fused-ring (bicyclic) bond motifs is 1. The summed E-state index contributed by atoms with van der Waals surface area (Å²) < 4.78 is 25.6. The Labute approximate surface area is 146 Å². The second kappa shape index (κ2) is 6.62. The Morgan fingerprint density at radius 2 is 1.80 bits per heavy atom. The molecule has 1 amide bonds. The summed E-state index contributed by atoms with van der Waals surface area (Å²) in [5.74, 6) is -0.382. The topological polar surface area (TPSA) is 79.4 Å². The summed E-state index contributed by atoms with van der Waals surface area (Å²) in [6, 6.07) is 15.1. The summed E-state index contributed by atoms with van der Waals surface area (Å²) in [6.07, 6.45) is 1.62. The lowest BCUT2D eigenvalue weighted by Crippen LogP contribution is -2.22. The predicted molar refractivity (Wildman–Crippen MR) is 97.0 cm³/mol. The SMILES string of the molecule is CN(C)S(=O)(=O)c1cccc(C(=O)Nc2ccnc3ccccc23)c1. The molecule has 0 saturated heterocycles. The number of para-hydroxylation sites is 1. The monoisotopic (exact) mass is 355 g/mol. The van der Waals surface area contributed by atoms with Gasteiger partial charge in [0.15, 0.2) is 0 Å². The molecule has 1 aromatic heterocycles. The van der Waals surface area contributed by atoms with Crippen LogP contribution in [0.25, 0.3) is 10.9 Å². The van der Waals surface area contributed by atoms with Crippen molar-refractivity contribution >= 4 is 32.5 Å². The number of pyridine rings is 1. The number of amides is 1. The van der Waals surface area contributed by atoms with Crippen LogP contribution in [0.2, 0.25) is 0 Å². The van der Waals surface area contributed by atoms with Crippen LogP contribution < -0.4 is 5.32 Å². The summed E-state index contributed by atoms with van der Waals surface area (Å²) in [7, 11) is -0.698. The van der Waals surface area contributed by atoms with E-state index in [-0.39, 0.29) is 16.4 Å². The number of rotatable bonds is 4. The summed E-state index contributed by atoms with van der Waals surface area (Å²) in [6.45, 7) is 0. The van der Waals surface area contributed by atoms with E-state index < -0.39 is 10.0 Å². The van der Waals surface area contributed by atoms with E-state index in [0.717, 1.165) is 15.2 Å². The number of nitrogens with one attached hydrogen (secondary N) is 1. The Kier molecular flexibility index (Phi) is 4.52. The maximum Gasteiger partial charge on any atom is 0.255 e. The molecule has 0 radical (unpaired) electrons. The maximum absolute atomic E-state index is 12.6. The van der Waals surface area contributed by atoms with Gasteiger partial charge in [0.2, 0.25) is 10.0 Å². The molecule has 3 rings (SSSR count). The Bertz CT molecular complexity index is 1040. The van der Waals surface area contributed by atoms with E-state index in [1.165, 1.54) is 26.2 Å². The molecule has 0 spiro atoms. The molecular formula is C18H17N3O3S. The Morgan fingerprint density at radius 3 is 2.56 bits per heavy atom. The zero-order valence-corrected chi connectivity index (χ0v) is 14.6. The van der Waals surface area contributed by atoms with Crippen molar-refractivity contribution in [3.8, 4) is 0 Å². The van der Waals surface area contributed by atoms with E-state index in [1.54, 1.807) is 24.4 Å². The number of hydrogen-bond acceptors (Lipinski definition) is 4. The van der Waals surface area contributed by atoms with Crippen molar-refractivity contribution in [1.82, 2.24) is 9.29 Å². The first kappa shape index (κ1) is 17.1. The fourth-order valence-electron chi connectivity index (χ4n) is 2.41. The fraction of sp³-hybridized carbons (Fsp3) is 0.111. The van der Waals surface area contributed by atoms with Crippen molar-refractivity contribution in [1.29, 1.82) is 0 Å². The molecule has 0 aliphatic rings. The second-order valence-electron chi connectivity index (χ2n) is 5.65. The number of benzene rings is 2. The smallest absolute Gasteiger partial charge is 0.255 e. The predicted octanol–water partition coefficient (Wildman–Crippen LogP) is 2.74. The van der Waals surface area contributed by atoms with Gasteiger partial charge in [0.25, 0.3) is 5.91 Å². The first-order chi connectivity index (χ1) is 11.9. The third kappa shape index (κ3) is 3.38. The standard InChI is InChI=1S/C18H17N3O3S/c1-21(2)25(23,24)14-7-5-6-13(12-14)18(22)20-17-10-11-19-16-9-4-3-8-15(16)17/h3-12H,1-2H3,(H,19,20,22). The summed E-state index contributed by atoms with van der Waals surface area (Å²) in [5.41, 5.74) is 1.66. The van der Waals surface area contributed by atoms with Crippen LogP contribution in [0.3, 0.4) is 0 Å². The van der Waals surface area contributed by atoms with Crippen molar-refractivity contribution in [2.75, 3.05) is 19.4 Å². The highest BCUT2D eigenvalue weighted by Crippen LogP contribution is 2.22.